The third-order valence-electron chi connectivity index (χ3n) is 4.22. The van der Waals surface area contributed by atoms with Crippen molar-refractivity contribution in [3.05, 3.63) is 53.1 Å². The van der Waals surface area contributed by atoms with E-state index in [1.54, 1.807) is 19.9 Å². The van der Waals surface area contributed by atoms with E-state index in [2.05, 4.69) is 0 Å². The van der Waals surface area contributed by atoms with Crippen LogP contribution in [0.3, 0.4) is 0 Å². The molecule has 1 aliphatic carbocycles. The normalized spacial score (nSPS) is 13.8. The van der Waals surface area contributed by atoms with Crippen LogP contribution in [0.1, 0.15) is 41.8 Å². The van der Waals surface area contributed by atoms with Crippen LogP contribution in [-0.4, -0.2) is 17.7 Å². The Labute approximate surface area is 136 Å². The van der Waals surface area contributed by atoms with E-state index in [4.69, 9.17) is 4.74 Å². The predicted octanol–water partition coefficient (Wildman–Crippen LogP) is 4.15. The van der Waals surface area contributed by atoms with E-state index in [9.17, 15) is 9.59 Å². The van der Waals surface area contributed by atoms with Crippen molar-refractivity contribution in [3.8, 4) is 16.9 Å². The number of hydrogen-bond acceptors (Lipinski definition) is 3. The largest absolute Gasteiger partial charge is 0.480 e. The molecule has 0 fully saturated rings. The summed E-state index contributed by atoms with van der Waals surface area (Å²) in [5.41, 5.74) is 3.97. The summed E-state index contributed by atoms with van der Waals surface area (Å²) in [6.45, 7) is 5.48. The number of carbonyl (C=O) groups is 2. The Hall–Kier alpha value is -2.42. The van der Waals surface area contributed by atoms with Crippen molar-refractivity contribution in [2.75, 3.05) is 0 Å². The van der Waals surface area contributed by atoms with Crippen molar-refractivity contribution >= 4 is 12.1 Å². The summed E-state index contributed by atoms with van der Waals surface area (Å²) in [5.74, 6) is 0.732. The molecule has 0 N–H and O–H groups in total. The summed E-state index contributed by atoms with van der Waals surface area (Å²) >= 11 is 0. The average molecular weight is 308 g/mol. The smallest absolute Gasteiger partial charge is 0.163 e. The van der Waals surface area contributed by atoms with Crippen molar-refractivity contribution in [1.29, 1.82) is 0 Å². The topological polar surface area (TPSA) is 43.4 Å². The van der Waals surface area contributed by atoms with Gasteiger partial charge in [0.1, 0.15) is 5.75 Å². The Morgan fingerprint density at radius 2 is 1.78 bits per heavy atom. The van der Waals surface area contributed by atoms with Gasteiger partial charge in [-0.15, -0.1) is 0 Å². The van der Waals surface area contributed by atoms with E-state index in [-0.39, 0.29) is 5.78 Å². The molecular formula is C20H20O3. The minimum Gasteiger partial charge on any atom is -0.480 e. The number of hydrogen-bond donors (Lipinski definition) is 0. The number of rotatable bonds is 4. The molecule has 0 amide bonds. The SMILES string of the molecule is Cc1ccccc1-c1cc2c(cc1OC(C)(C)C=O)C(=O)CC2. The van der Waals surface area contributed by atoms with Gasteiger partial charge < -0.3 is 4.74 Å². The summed E-state index contributed by atoms with van der Waals surface area (Å²) < 4.78 is 5.94. The second-order valence-corrected chi connectivity index (χ2v) is 6.57. The first-order chi connectivity index (χ1) is 10.9. The Morgan fingerprint density at radius 3 is 2.48 bits per heavy atom. The first-order valence-electron chi connectivity index (χ1n) is 7.83. The highest BCUT2D eigenvalue weighted by atomic mass is 16.5. The van der Waals surface area contributed by atoms with E-state index in [1.165, 1.54) is 0 Å². The molecule has 0 saturated carbocycles. The standard InChI is InChI=1S/C20H20O3/c1-13-6-4-5-7-15(13)17-10-14-8-9-18(22)16(14)11-19(17)23-20(2,3)12-21/h4-7,10-12H,8-9H2,1-3H3. The molecule has 0 bridgehead atoms. The zero-order chi connectivity index (χ0) is 16.6. The summed E-state index contributed by atoms with van der Waals surface area (Å²) in [5, 5.41) is 0. The van der Waals surface area contributed by atoms with E-state index < -0.39 is 5.60 Å². The minimum atomic E-state index is -0.937. The predicted molar refractivity (Wildman–Crippen MR) is 90.0 cm³/mol. The van der Waals surface area contributed by atoms with E-state index in [0.717, 1.165) is 40.5 Å². The highest BCUT2D eigenvalue weighted by molar-refractivity contribution is 6.01. The molecule has 0 unspecified atom stereocenters. The quantitative estimate of drug-likeness (QED) is 0.797. The zero-order valence-corrected chi connectivity index (χ0v) is 13.7. The van der Waals surface area contributed by atoms with Crippen molar-refractivity contribution in [2.24, 2.45) is 0 Å². The van der Waals surface area contributed by atoms with Gasteiger partial charge in [-0.2, -0.15) is 0 Å². The van der Waals surface area contributed by atoms with Crippen LogP contribution in [0.2, 0.25) is 0 Å². The number of carbonyl (C=O) groups excluding carboxylic acids is 2. The second kappa shape index (κ2) is 5.65. The highest BCUT2D eigenvalue weighted by Gasteiger charge is 2.26. The number of fused-ring (bicyclic) bond motifs is 1. The van der Waals surface area contributed by atoms with Gasteiger partial charge in [-0.05, 0) is 56.0 Å². The Bertz CT molecular complexity index is 787. The van der Waals surface area contributed by atoms with Gasteiger partial charge in [-0.25, -0.2) is 0 Å². The fourth-order valence-electron chi connectivity index (χ4n) is 2.95. The average Bonchev–Trinajstić information content (AvgIpc) is 2.88. The molecule has 1 aliphatic rings. The molecule has 3 nitrogen and oxygen atoms in total. The molecule has 0 heterocycles. The maximum absolute atomic E-state index is 12.0. The third-order valence-corrected chi connectivity index (χ3v) is 4.22. The number of Topliss-reactive ketones (excluding diaryl/α,β-unsaturated/α-hetero) is 1. The molecule has 2 aromatic carbocycles. The number of aldehydes is 1. The number of ether oxygens (including phenoxy) is 1. The zero-order valence-electron chi connectivity index (χ0n) is 13.7. The highest BCUT2D eigenvalue weighted by Crippen LogP contribution is 2.38. The van der Waals surface area contributed by atoms with Gasteiger partial charge >= 0.3 is 0 Å². The van der Waals surface area contributed by atoms with Gasteiger partial charge in [0.25, 0.3) is 0 Å². The first kappa shape index (κ1) is 15.5. The monoisotopic (exact) mass is 308 g/mol. The maximum Gasteiger partial charge on any atom is 0.163 e. The van der Waals surface area contributed by atoms with Gasteiger partial charge in [0, 0.05) is 17.5 Å². The number of aryl methyl sites for hydroxylation is 2. The van der Waals surface area contributed by atoms with E-state index >= 15 is 0 Å². The third kappa shape index (κ3) is 2.91. The summed E-state index contributed by atoms with van der Waals surface area (Å²) in [4.78, 5) is 23.3. The lowest BCUT2D eigenvalue weighted by molar-refractivity contribution is -0.118. The van der Waals surface area contributed by atoms with Crippen LogP contribution in [0, 0.1) is 6.92 Å². The van der Waals surface area contributed by atoms with Gasteiger partial charge in [0.05, 0.1) is 0 Å². The molecule has 0 spiro atoms. The number of ketones is 1. The van der Waals surface area contributed by atoms with Crippen molar-refractivity contribution in [2.45, 2.75) is 39.2 Å². The molecular weight excluding hydrogens is 288 g/mol. The van der Waals surface area contributed by atoms with Crippen LogP contribution in [0.4, 0.5) is 0 Å². The fraction of sp³-hybridized carbons (Fsp3) is 0.300. The van der Waals surface area contributed by atoms with Crippen molar-refractivity contribution in [3.63, 3.8) is 0 Å². The summed E-state index contributed by atoms with van der Waals surface area (Å²) in [7, 11) is 0. The minimum absolute atomic E-state index is 0.144. The molecule has 23 heavy (non-hydrogen) atoms. The molecule has 3 heteroatoms. The molecule has 0 radical (unpaired) electrons. The van der Waals surface area contributed by atoms with Crippen LogP contribution in [0.15, 0.2) is 36.4 Å². The maximum atomic E-state index is 12.0. The fourth-order valence-corrected chi connectivity index (χ4v) is 2.95. The molecule has 0 aliphatic heterocycles. The Morgan fingerprint density at radius 1 is 1.04 bits per heavy atom. The van der Waals surface area contributed by atoms with Crippen molar-refractivity contribution in [1.82, 2.24) is 0 Å². The lowest BCUT2D eigenvalue weighted by Gasteiger charge is -2.23. The van der Waals surface area contributed by atoms with Gasteiger partial charge in [0.15, 0.2) is 17.7 Å². The van der Waals surface area contributed by atoms with Crippen LogP contribution in [-0.2, 0) is 11.2 Å². The van der Waals surface area contributed by atoms with E-state index in [0.29, 0.717) is 12.2 Å². The molecule has 2 aromatic rings. The number of benzene rings is 2. The first-order valence-corrected chi connectivity index (χ1v) is 7.83. The van der Waals surface area contributed by atoms with Gasteiger partial charge in [-0.1, -0.05) is 24.3 Å². The Balaban J connectivity index is 2.19. The molecule has 0 atom stereocenters. The van der Waals surface area contributed by atoms with E-state index in [1.807, 2.05) is 37.3 Å². The second-order valence-electron chi connectivity index (χ2n) is 6.57. The van der Waals surface area contributed by atoms with Crippen molar-refractivity contribution < 1.29 is 14.3 Å². The summed E-state index contributed by atoms with van der Waals surface area (Å²) in [6.07, 6.45) is 2.09. The molecule has 118 valence electrons. The lowest BCUT2D eigenvalue weighted by atomic mass is 9.95. The molecule has 3 rings (SSSR count). The van der Waals surface area contributed by atoms with Crippen LogP contribution in [0.25, 0.3) is 11.1 Å². The van der Waals surface area contributed by atoms with Gasteiger partial charge in [-0.3, -0.25) is 9.59 Å². The van der Waals surface area contributed by atoms with Crippen LogP contribution >= 0.6 is 0 Å². The molecule has 0 saturated heterocycles. The molecule has 0 aromatic heterocycles. The van der Waals surface area contributed by atoms with Gasteiger partial charge in [0.2, 0.25) is 0 Å². The Kier molecular flexibility index (Phi) is 3.80. The van der Waals surface area contributed by atoms with Crippen LogP contribution in [0.5, 0.6) is 5.75 Å². The summed E-state index contributed by atoms with van der Waals surface area (Å²) in [6, 6.07) is 11.9. The lowest BCUT2D eigenvalue weighted by Crippen LogP contribution is -2.30. The van der Waals surface area contributed by atoms with Crippen LogP contribution < -0.4 is 4.74 Å².